The maximum Gasteiger partial charge on any atom is 0.319 e. The van der Waals surface area contributed by atoms with Crippen LogP contribution >= 0.6 is 0 Å². The first-order valence-electron chi connectivity index (χ1n) is 7.82. The lowest BCUT2D eigenvalue weighted by Gasteiger charge is -2.30. The molecule has 0 aliphatic heterocycles. The van der Waals surface area contributed by atoms with Gasteiger partial charge in [-0.3, -0.25) is 4.57 Å². The van der Waals surface area contributed by atoms with Crippen LogP contribution in [0.5, 0.6) is 0 Å². The second-order valence-electron chi connectivity index (χ2n) is 5.97. The van der Waals surface area contributed by atoms with E-state index in [1.165, 1.54) is 23.7 Å². The molecule has 1 saturated carbocycles. The first-order chi connectivity index (χ1) is 10.5. The van der Waals surface area contributed by atoms with Crippen molar-refractivity contribution in [2.75, 3.05) is 7.05 Å². The summed E-state index contributed by atoms with van der Waals surface area (Å²) in [7, 11) is 1.60. The van der Waals surface area contributed by atoms with Gasteiger partial charge >= 0.3 is 12.6 Å². The van der Waals surface area contributed by atoms with Gasteiger partial charge in [0.1, 0.15) is 5.82 Å². The summed E-state index contributed by atoms with van der Waals surface area (Å²) in [5.74, 6) is 0.852. The van der Waals surface area contributed by atoms with Crippen molar-refractivity contribution in [1.29, 1.82) is 0 Å². The predicted octanol–water partition coefficient (Wildman–Crippen LogP) is 3.39. The lowest BCUT2D eigenvalue weighted by Crippen LogP contribution is -2.44. The van der Waals surface area contributed by atoms with Crippen molar-refractivity contribution in [3.8, 4) is 0 Å². The molecule has 0 saturated heterocycles. The molecule has 1 N–H and O–H groups in total. The van der Waals surface area contributed by atoms with Crippen LogP contribution in [0.15, 0.2) is 12.4 Å². The number of urea groups is 1. The van der Waals surface area contributed by atoms with Crippen molar-refractivity contribution in [2.24, 2.45) is 5.92 Å². The molecule has 7 heteroatoms. The van der Waals surface area contributed by atoms with E-state index in [-0.39, 0.29) is 24.4 Å². The number of hydrogen-bond donors (Lipinski definition) is 1. The number of halogens is 2. The molecule has 2 rings (SSSR count). The number of alkyl halides is 2. The van der Waals surface area contributed by atoms with E-state index in [9.17, 15) is 13.6 Å². The van der Waals surface area contributed by atoms with Crippen LogP contribution in [0.25, 0.3) is 0 Å². The number of amides is 2. The number of nitrogens with one attached hydrogen (secondary N) is 1. The van der Waals surface area contributed by atoms with E-state index in [2.05, 4.69) is 17.2 Å². The van der Waals surface area contributed by atoms with Crippen molar-refractivity contribution in [3.63, 3.8) is 0 Å². The summed E-state index contributed by atoms with van der Waals surface area (Å²) in [5.41, 5.74) is 0. The van der Waals surface area contributed by atoms with Gasteiger partial charge < -0.3 is 10.2 Å². The SMILES string of the molecule is CCC1CCCC(NC(=O)N(C)Cc2nccn2C(F)F)C1. The Morgan fingerprint density at radius 3 is 3.00 bits per heavy atom. The van der Waals surface area contributed by atoms with Gasteiger partial charge in [0.25, 0.3) is 0 Å². The first-order valence-corrected chi connectivity index (χ1v) is 7.82. The molecule has 22 heavy (non-hydrogen) atoms. The van der Waals surface area contributed by atoms with E-state index < -0.39 is 6.55 Å². The summed E-state index contributed by atoms with van der Waals surface area (Å²) in [6.45, 7) is -0.407. The van der Waals surface area contributed by atoms with Crippen LogP contribution in [-0.4, -0.2) is 33.6 Å². The summed E-state index contributed by atoms with van der Waals surface area (Å²) in [6.07, 6.45) is 8.02. The molecule has 124 valence electrons. The van der Waals surface area contributed by atoms with Gasteiger partial charge in [-0.2, -0.15) is 8.78 Å². The Kier molecular flexibility index (Phi) is 5.74. The number of carbonyl (C=O) groups excluding carboxylic acids is 1. The zero-order valence-electron chi connectivity index (χ0n) is 13.1. The lowest BCUT2D eigenvalue weighted by atomic mass is 9.84. The van der Waals surface area contributed by atoms with E-state index in [0.717, 1.165) is 30.3 Å². The third-order valence-electron chi connectivity index (χ3n) is 4.37. The van der Waals surface area contributed by atoms with E-state index in [1.54, 1.807) is 7.05 Å². The zero-order chi connectivity index (χ0) is 16.1. The average Bonchev–Trinajstić information content (AvgIpc) is 2.95. The van der Waals surface area contributed by atoms with Crippen LogP contribution in [0.3, 0.4) is 0 Å². The lowest BCUT2D eigenvalue weighted by molar-refractivity contribution is 0.0650. The van der Waals surface area contributed by atoms with Crippen LogP contribution in [0.4, 0.5) is 13.6 Å². The zero-order valence-corrected chi connectivity index (χ0v) is 13.1. The Morgan fingerprint density at radius 2 is 2.32 bits per heavy atom. The highest BCUT2D eigenvalue weighted by molar-refractivity contribution is 5.74. The molecular weight excluding hydrogens is 290 g/mol. The van der Waals surface area contributed by atoms with Gasteiger partial charge in [0.2, 0.25) is 0 Å². The van der Waals surface area contributed by atoms with E-state index in [0.29, 0.717) is 5.92 Å². The summed E-state index contributed by atoms with van der Waals surface area (Å²) < 4.78 is 26.3. The van der Waals surface area contributed by atoms with Crippen molar-refractivity contribution < 1.29 is 13.6 Å². The highest BCUT2D eigenvalue weighted by Gasteiger charge is 2.24. The summed E-state index contributed by atoms with van der Waals surface area (Å²) >= 11 is 0. The Hall–Kier alpha value is -1.66. The van der Waals surface area contributed by atoms with E-state index in [4.69, 9.17) is 0 Å². The number of carbonyl (C=O) groups is 1. The molecule has 1 fully saturated rings. The molecule has 1 aromatic rings. The van der Waals surface area contributed by atoms with Crippen molar-refractivity contribution in [1.82, 2.24) is 19.8 Å². The van der Waals surface area contributed by atoms with E-state index >= 15 is 0 Å². The minimum Gasteiger partial charge on any atom is -0.335 e. The van der Waals surface area contributed by atoms with Crippen molar-refractivity contribution >= 4 is 6.03 Å². The number of aromatic nitrogens is 2. The third-order valence-corrected chi connectivity index (χ3v) is 4.37. The van der Waals surface area contributed by atoms with Crippen LogP contribution < -0.4 is 5.32 Å². The summed E-state index contributed by atoms with van der Waals surface area (Å²) in [4.78, 5) is 17.5. The fourth-order valence-corrected chi connectivity index (χ4v) is 3.01. The number of rotatable bonds is 5. The molecule has 2 unspecified atom stereocenters. The molecule has 1 aliphatic carbocycles. The molecule has 2 amide bonds. The fraction of sp³-hybridized carbons (Fsp3) is 0.733. The van der Waals surface area contributed by atoms with Crippen LogP contribution in [0.2, 0.25) is 0 Å². The number of hydrogen-bond acceptors (Lipinski definition) is 2. The molecule has 5 nitrogen and oxygen atoms in total. The quantitative estimate of drug-likeness (QED) is 0.905. The number of imidazole rings is 1. The van der Waals surface area contributed by atoms with Crippen molar-refractivity contribution in [2.45, 2.75) is 58.2 Å². The fourth-order valence-electron chi connectivity index (χ4n) is 3.01. The monoisotopic (exact) mass is 314 g/mol. The topological polar surface area (TPSA) is 50.2 Å². The molecule has 1 aromatic heterocycles. The molecule has 1 aliphatic rings. The van der Waals surface area contributed by atoms with Crippen molar-refractivity contribution in [3.05, 3.63) is 18.2 Å². The Balaban J connectivity index is 1.88. The Labute approximate surface area is 129 Å². The molecule has 0 aromatic carbocycles. The van der Waals surface area contributed by atoms with Gasteiger partial charge in [-0.1, -0.05) is 26.2 Å². The second kappa shape index (κ2) is 7.56. The smallest absolute Gasteiger partial charge is 0.319 e. The van der Waals surface area contributed by atoms with Gasteiger partial charge in [-0.05, 0) is 18.8 Å². The number of nitrogens with zero attached hydrogens (tertiary/aromatic N) is 3. The van der Waals surface area contributed by atoms with Crippen LogP contribution in [0.1, 0.15) is 51.4 Å². The largest absolute Gasteiger partial charge is 0.335 e. The Morgan fingerprint density at radius 1 is 1.55 bits per heavy atom. The van der Waals surface area contributed by atoms with Gasteiger partial charge in [-0.15, -0.1) is 0 Å². The highest BCUT2D eigenvalue weighted by Crippen LogP contribution is 2.26. The predicted molar refractivity (Wildman–Crippen MR) is 79.5 cm³/mol. The minimum atomic E-state index is -2.64. The molecule has 0 spiro atoms. The van der Waals surface area contributed by atoms with Gasteiger partial charge in [0, 0.05) is 25.5 Å². The molecular formula is C15H24F2N4O. The van der Waals surface area contributed by atoms with Crippen LogP contribution in [-0.2, 0) is 6.54 Å². The first kappa shape index (κ1) is 16.7. The summed E-state index contributed by atoms with van der Waals surface area (Å²) in [6, 6.07) is -0.0472. The summed E-state index contributed by atoms with van der Waals surface area (Å²) in [5, 5.41) is 3.01. The molecule has 0 bridgehead atoms. The van der Waals surface area contributed by atoms with E-state index in [1.807, 2.05) is 0 Å². The molecule has 1 heterocycles. The van der Waals surface area contributed by atoms with Gasteiger partial charge in [0.15, 0.2) is 0 Å². The van der Waals surface area contributed by atoms with Gasteiger partial charge in [0.05, 0.1) is 6.54 Å². The highest BCUT2D eigenvalue weighted by atomic mass is 19.3. The molecule has 0 radical (unpaired) electrons. The van der Waals surface area contributed by atoms with Gasteiger partial charge in [-0.25, -0.2) is 9.78 Å². The second-order valence-corrected chi connectivity index (χ2v) is 5.97. The minimum absolute atomic E-state index is 0.0626. The Bertz CT molecular complexity index is 492. The standard InChI is InChI=1S/C15H24F2N4O/c1-3-11-5-4-6-12(9-11)19-15(22)20(2)10-13-18-7-8-21(13)14(16)17/h7-8,11-12,14H,3-6,9-10H2,1-2H3,(H,19,22). The average molecular weight is 314 g/mol. The maximum absolute atomic E-state index is 12.8. The van der Waals surface area contributed by atoms with Crippen LogP contribution in [0, 0.1) is 5.92 Å². The maximum atomic E-state index is 12.8. The molecule has 2 atom stereocenters. The third kappa shape index (κ3) is 4.18. The normalized spacial score (nSPS) is 21.9.